The number of nitrogens with zero attached hydrogens (tertiary/aromatic N) is 3. The molecule has 1 saturated carbocycles. The van der Waals surface area contributed by atoms with Gasteiger partial charge in [0.05, 0.1) is 12.8 Å². The lowest BCUT2D eigenvalue weighted by molar-refractivity contribution is 0.249. The first-order chi connectivity index (χ1) is 9.79. The molecule has 3 atom stereocenters. The van der Waals surface area contributed by atoms with Gasteiger partial charge < -0.3 is 14.7 Å². The Kier molecular flexibility index (Phi) is 4.01. The molecule has 2 aliphatic rings. The zero-order chi connectivity index (χ0) is 13.5. The lowest BCUT2D eigenvalue weighted by atomic mass is 9.98. The molecule has 1 aliphatic carbocycles. The molecule has 6 nitrogen and oxygen atoms in total. The summed E-state index contributed by atoms with van der Waals surface area (Å²) in [6.07, 6.45) is 4.03. The third-order valence-electron chi connectivity index (χ3n) is 4.56. The molecule has 2 N–H and O–H groups in total. The molecule has 0 aromatic carbocycles. The Balaban J connectivity index is 0.00000132. The number of halogens is 1. The van der Waals surface area contributed by atoms with Crippen molar-refractivity contribution in [3.63, 3.8) is 0 Å². The fourth-order valence-corrected chi connectivity index (χ4v) is 3.55. The Morgan fingerprint density at radius 3 is 3.00 bits per heavy atom. The van der Waals surface area contributed by atoms with Crippen molar-refractivity contribution in [2.45, 2.75) is 25.4 Å². The first kappa shape index (κ1) is 14.6. The highest BCUT2D eigenvalue weighted by molar-refractivity contribution is 5.85. The van der Waals surface area contributed by atoms with Crippen molar-refractivity contribution in [1.82, 2.24) is 15.0 Å². The highest BCUT2D eigenvalue weighted by atomic mass is 35.5. The second-order valence-corrected chi connectivity index (χ2v) is 5.85. The van der Waals surface area contributed by atoms with Crippen LogP contribution in [0.25, 0.3) is 11.6 Å². The highest BCUT2D eigenvalue weighted by Crippen LogP contribution is 2.37. The van der Waals surface area contributed by atoms with Crippen LogP contribution in [0.2, 0.25) is 0 Å². The molecule has 7 heteroatoms. The number of likely N-dealkylation sites (tertiary alicyclic amines) is 1. The van der Waals surface area contributed by atoms with E-state index in [9.17, 15) is 0 Å². The molecule has 2 fully saturated rings. The smallest absolute Gasteiger partial charge is 0.241 e. The minimum absolute atomic E-state index is 0. The summed E-state index contributed by atoms with van der Waals surface area (Å²) >= 11 is 0. The Morgan fingerprint density at radius 1 is 1.33 bits per heavy atom. The standard InChI is InChI=1S/C14H18N4O2.ClH/c15-11-4-3-9-6-18(7-10(9)11)8-13-16-14(17-20-13)12-2-1-5-19-12;/h1-2,5,9-11H,3-4,6-8,15H2;1H. The summed E-state index contributed by atoms with van der Waals surface area (Å²) < 4.78 is 10.6. The van der Waals surface area contributed by atoms with Crippen LogP contribution in [-0.4, -0.2) is 34.2 Å². The van der Waals surface area contributed by atoms with Gasteiger partial charge in [-0.1, -0.05) is 5.16 Å². The third kappa shape index (κ3) is 2.71. The van der Waals surface area contributed by atoms with Gasteiger partial charge in [0.1, 0.15) is 0 Å². The van der Waals surface area contributed by atoms with Crippen molar-refractivity contribution in [3.05, 3.63) is 24.3 Å². The predicted octanol–water partition coefficient (Wildman–Crippen LogP) is 1.92. The van der Waals surface area contributed by atoms with Gasteiger partial charge in [-0.2, -0.15) is 4.98 Å². The summed E-state index contributed by atoms with van der Waals surface area (Å²) in [5.41, 5.74) is 6.15. The average Bonchev–Trinajstić information content (AvgIpc) is 3.17. The summed E-state index contributed by atoms with van der Waals surface area (Å²) in [7, 11) is 0. The maximum atomic E-state index is 6.15. The van der Waals surface area contributed by atoms with Crippen molar-refractivity contribution in [3.8, 4) is 11.6 Å². The van der Waals surface area contributed by atoms with Crippen molar-refractivity contribution in [1.29, 1.82) is 0 Å². The number of rotatable bonds is 3. The van der Waals surface area contributed by atoms with E-state index in [1.54, 1.807) is 6.26 Å². The van der Waals surface area contributed by atoms with E-state index in [2.05, 4.69) is 15.0 Å². The number of hydrogen-bond donors (Lipinski definition) is 1. The molecule has 4 rings (SSSR count). The Hall–Kier alpha value is -1.37. The molecule has 0 radical (unpaired) electrons. The molecule has 3 unspecified atom stereocenters. The summed E-state index contributed by atoms with van der Waals surface area (Å²) in [4.78, 5) is 6.75. The maximum absolute atomic E-state index is 6.15. The van der Waals surface area contributed by atoms with Crippen LogP contribution in [0.4, 0.5) is 0 Å². The van der Waals surface area contributed by atoms with Gasteiger partial charge >= 0.3 is 0 Å². The van der Waals surface area contributed by atoms with E-state index in [1.807, 2.05) is 12.1 Å². The van der Waals surface area contributed by atoms with Gasteiger partial charge in [0.2, 0.25) is 11.7 Å². The minimum Gasteiger partial charge on any atom is -0.461 e. The Bertz CT molecular complexity index is 586. The number of aromatic nitrogens is 2. The minimum atomic E-state index is 0. The monoisotopic (exact) mass is 310 g/mol. The fraction of sp³-hybridized carbons (Fsp3) is 0.571. The Labute approximate surface area is 129 Å². The summed E-state index contributed by atoms with van der Waals surface area (Å²) in [5.74, 6) is 3.19. The van der Waals surface area contributed by atoms with E-state index in [0.29, 0.717) is 36.0 Å². The van der Waals surface area contributed by atoms with Gasteiger partial charge in [0.25, 0.3) is 0 Å². The number of nitrogens with two attached hydrogens (primary N) is 1. The lowest BCUT2D eigenvalue weighted by Crippen LogP contribution is -2.30. The molecule has 0 bridgehead atoms. The number of furan rings is 1. The molecule has 2 aromatic rings. The first-order valence-corrected chi connectivity index (χ1v) is 7.14. The van der Waals surface area contributed by atoms with Crippen LogP contribution in [-0.2, 0) is 6.54 Å². The molecular formula is C14H19ClN4O2. The molecule has 21 heavy (non-hydrogen) atoms. The van der Waals surface area contributed by atoms with E-state index in [4.69, 9.17) is 14.7 Å². The lowest BCUT2D eigenvalue weighted by Gasteiger charge is -2.15. The van der Waals surface area contributed by atoms with Gasteiger partial charge in [-0.3, -0.25) is 4.90 Å². The highest BCUT2D eigenvalue weighted by Gasteiger charge is 2.41. The predicted molar refractivity (Wildman–Crippen MR) is 78.7 cm³/mol. The van der Waals surface area contributed by atoms with Crippen LogP contribution in [0.1, 0.15) is 18.7 Å². The first-order valence-electron chi connectivity index (χ1n) is 7.14. The number of fused-ring (bicyclic) bond motifs is 1. The van der Waals surface area contributed by atoms with Gasteiger partial charge in [0.15, 0.2) is 5.76 Å². The maximum Gasteiger partial charge on any atom is 0.241 e. The van der Waals surface area contributed by atoms with E-state index >= 15 is 0 Å². The molecule has 114 valence electrons. The van der Waals surface area contributed by atoms with Gasteiger partial charge in [-0.25, -0.2) is 0 Å². The molecule has 3 heterocycles. The summed E-state index contributed by atoms with van der Waals surface area (Å²) in [6, 6.07) is 4.01. The molecule has 1 saturated heterocycles. The van der Waals surface area contributed by atoms with Gasteiger partial charge in [0, 0.05) is 19.1 Å². The second kappa shape index (κ2) is 5.79. The van der Waals surface area contributed by atoms with Gasteiger partial charge in [-0.05, 0) is 36.8 Å². The molecule has 2 aromatic heterocycles. The normalized spacial score (nSPS) is 28.5. The summed E-state index contributed by atoms with van der Waals surface area (Å²) in [5, 5.41) is 3.96. The zero-order valence-corrected chi connectivity index (χ0v) is 12.5. The largest absolute Gasteiger partial charge is 0.461 e. The molecule has 0 spiro atoms. The van der Waals surface area contributed by atoms with Gasteiger partial charge in [-0.15, -0.1) is 12.4 Å². The number of hydrogen-bond acceptors (Lipinski definition) is 6. The fourth-order valence-electron chi connectivity index (χ4n) is 3.55. The summed E-state index contributed by atoms with van der Waals surface area (Å²) in [6.45, 7) is 2.84. The van der Waals surface area contributed by atoms with E-state index in [-0.39, 0.29) is 12.4 Å². The van der Waals surface area contributed by atoms with Crippen molar-refractivity contribution >= 4 is 12.4 Å². The van der Waals surface area contributed by atoms with Crippen molar-refractivity contribution < 1.29 is 8.94 Å². The third-order valence-corrected chi connectivity index (χ3v) is 4.56. The Morgan fingerprint density at radius 2 is 2.24 bits per heavy atom. The van der Waals surface area contributed by atoms with Crippen LogP contribution in [0.5, 0.6) is 0 Å². The second-order valence-electron chi connectivity index (χ2n) is 5.85. The van der Waals surface area contributed by atoms with Crippen LogP contribution < -0.4 is 5.73 Å². The van der Waals surface area contributed by atoms with Crippen molar-refractivity contribution in [2.75, 3.05) is 13.1 Å². The van der Waals surface area contributed by atoms with Crippen molar-refractivity contribution in [2.24, 2.45) is 17.6 Å². The molecule has 0 amide bonds. The van der Waals surface area contributed by atoms with E-state index in [0.717, 1.165) is 19.0 Å². The van der Waals surface area contributed by atoms with Crippen LogP contribution in [0.15, 0.2) is 27.3 Å². The topological polar surface area (TPSA) is 81.3 Å². The van der Waals surface area contributed by atoms with E-state index < -0.39 is 0 Å². The van der Waals surface area contributed by atoms with Crippen LogP contribution in [0, 0.1) is 11.8 Å². The SMILES string of the molecule is Cl.NC1CCC2CN(Cc3nc(-c4ccco4)no3)CC12. The molecular weight excluding hydrogens is 292 g/mol. The van der Waals surface area contributed by atoms with E-state index in [1.165, 1.54) is 12.8 Å². The molecule has 1 aliphatic heterocycles. The zero-order valence-electron chi connectivity index (χ0n) is 11.6. The van der Waals surface area contributed by atoms with Crippen LogP contribution >= 0.6 is 12.4 Å². The average molecular weight is 311 g/mol. The van der Waals surface area contributed by atoms with Crippen LogP contribution in [0.3, 0.4) is 0 Å². The quantitative estimate of drug-likeness (QED) is 0.932.